The van der Waals surface area contributed by atoms with Crippen LogP contribution in [0.1, 0.15) is 5.56 Å². The lowest BCUT2D eigenvalue weighted by atomic mass is 9.99. The number of non-ortho nitro benzene ring substituents is 1. The van der Waals surface area contributed by atoms with Gasteiger partial charge in [-0.05, 0) is 36.2 Å². The van der Waals surface area contributed by atoms with Crippen LogP contribution in [0.5, 0.6) is 5.75 Å². The summed E-state index contributed by atoms with van der Waals surface area (Å²) in [5, 5.41) is 20.0. The molecule has 0 aliphatic carbocycles. The molecule has 2 aromatic carbocycles. The van der Waals surface area contributed by atoms with E-state index in [1.165, 1.54) is 25.1 Å². The monoisotopic (exact) mass is 333 g/mol. The highest BCUT2D eigenvalue weighted by atomic mass is 19.1. The number of aryl methyl sites for hydroxylation is 1. The number of aromatic hydroxyl groups is 1. The third kappa shape index (κ3) is 2.28. The Labute approximate surface area is 132 Å². The van der Waals surface area contributed by atoms with E-state index in [2.05, 4.69) is 0 Å². The second-order valence-corrected chi connectivity index (χ2v) is 5.11. The van der Waals surface area contributed by atoms with Gasteiger partial charge in [0.1, 0.15) is 5.58 Å². The molecular formula is C16H9F2NO5. The molecule has 0 saturated carbocycles. The predicted molar refractivity (Wildman–Crippen MR) is 80.9 cm³/mol. The Bertz CT molecular complexity index is 1040. The fourth-order valence-corrected chi connectivity index (χ4v) is 2.43. The second kappa shape index (κ2) is 5.41. The molecule has 0 bridgehead atoms. The number of fused-ring (bicyclic) bond motifs is 1. The molecule has 1 heterocycles. The quantitative estimate of drug-likeness (QED) is 0.439. The maximum Gasteiger partial charge on any atom is 0.373 e. The van der Waals surface area contributed by atoms with Crippen molar-refractivity contribution in [2.24, 2.45) is 0 Å². The van der Waals surface area contributed by atoms with Crippen molar-refractivity contribution in [3.05, 3.63) is 68.1 Å². The van der Waals surface area contributed by atoms with E-state index < -0.39 is 38.9 Å². The van der Waals surface area contributed by atoms with Crippen LogP contribution in [0.25, 0.3) is 22.1 Å². The average molecular weight is 333 g/mol. The van der Waals surface area contributed by atoms with Gasteiger partial charge in [-0.1, -0.05) is 0 Å². The van der Waals surface area contributed by atoms with Crippen molar-refractivity contribution in [3.8, 4) is 16.9 Å². The van der Waals surface area contributed by atoms with Gasteiger partial charge in [0.2, 0.25) is 5.82 Å². The third-order valence-corrected chi connectivity index (χ3v) is 3.61. The molecule has 0 radical (unpaired) electrons. The van der Waals surface area contributed by atoms with Gasteiger partial charge in [0, 0.05) is 17.7 Å². The van der Waals surface area contributed by atoms with Gasteiger partial charge in [0.05, 0.1) is 10.3 Å². The number of halogens is 2. The first kappa shape index (κ1) is 15.6. The summed E-state index contributed by atoms with van der Waals surface area (Å²) in [7, 11) is 0. The molecule has 3 aromatic rings. The number of hydrogen-bond acceptors (Lipinski definition) is 5. The van der Waals surface area contributed by atoms with E-state index in [1.807, 2.05) is 0 Å². The van der Waals surface area contributed by atoms with Crippen molar-refractivity contribution in [1.29, 1.82) is 0 Å². The van der Waals surface area contributed by atoms with Crippen LogP contribution in [-0.2, 0) is 0 Å². The number of rotatable bonds is 2. The number of nitrogens with zero attached hydrogens (tertiary/aromatic N) is 1. The van der Waals surface area contributed by atoms with Crippen LogP contribution in [0.2, 0.25) is 0 Å². The van der Waals surface area contributed by atoms with Crippen LogP contribution in [0.3, 0.4) is 0 Å². The molecule has 0 aliphatic heterocycles. The molecule has 0 unspecified atom stereocenters. The van der Waals surface area contributed by atoms with Crippen LogP contribution in [0.4, 0.5) is 14.5 Å². The maximum absolute atomic E-state index is 14.4. The predicted octanol–water partition coefficient (Wildman–Crippen LogP) is 3.66. The molecule has 24 heavy (non-hydrogen) atoms. The fraction of sp³-hybridized carbons (Fsp3) is 0.0625. The lowest BCUT2D eigenvalue weighted by Crippen LogP contribution is -2.08. The van der Waals surface area contributed by atoms with Gasteiger partial charge < -0.3 is 9.52 Å². The second-order valence-electron chi connectivity index (χ2n) is 5.11. The molecule has 122 valence electrons. The topological polar surface area (TPSA) is 93.6 Å². The fourth-order valence-electron chi connectivity index (χ4n) is 2.43. The summed E-state index contributed by atoms with van der Waals surface area (Å²) in [6.07, 6.45) is 0. The minimum atomic E-state index is -1.35. The van der Waals surface area contributed by atoms with Crippen molar-refractivity contribution in [2.45, 2.75) is 6.92 Å². The number of phenols is 1. The summed E-state index contributed by atoms with van der Waals surface area (Å²) in [4.78, 5) is 21.7. The lowest BCUT2D eigenvalue weighted by Gasteiger charge is -2.10. The average Bonchev–Trinajstić information content (AvgIpc) is 2.55. The zero-order chi connectivity index (χ0) is 17.6. The Morgan fingerprint density at radius 1 is 1.17 bits per heavy atom. The molecule has 1 N–H and O–H groups in total. The van der Waals surface area contributed by atoms with E-state index in [-0.39, 0.29) is 22.4 Å². The Balaban J connectivity index is 2.42. The van der Waals surface area contributed by atoms with Crippen LogP contribution >= 0.6 is 0 Å². The minimum Gasteiger partial charge on any atom is -0.505 e. The van der Waals surface area contributed by atoms with Gasteiger partial charge in [0.15, 0.2) is 11.6 Å². The summed E-state index contributed by atoms with van der Waals surface area (Å²) in [6, 6.07) is 5.78. The van der Waals surface area contributed by atoms with E-state index >= 15 is 0 Å². The summed E-state index contributed by atoms with van der Waals surface area (Å²) in [6.45, 7) is 1.40. The number of nitro groups is 1. The van der Waals surface area contributed by atoms with Gasteiger partial charge >= 0.3 is 5.63 Å². The molecule has 0 saturated heterocycles. The van der Waals surface area contributed by atoms with Gasteiger partial charge in [-0.2, -0.15) is 4.39 Å². The van der Waals surface area contributed by atoms with Gasteiger partial charge in [-0.25, -0.2) is 9.18 Å². The van der Waals surface area contributed by atoms with E-state index in [1.54, 1.807) is 0 Å². The number of benzene rings is 2. The number of nitro benzene ring substituents is 1. The normalized spacial score (nSPS) is 11.0. The summed E-state index contributed by atoms with van der Waals surface area (Å²) in [5.41, 5.74) is -2.06. The summed E-state index contributed by atoms with van der Waals surface area (Å²) < 4.78 is 33.5. The van der Waals surface area contributed by atoms with Crippen LogP contribution in [0, 0.1) is 28.7 Å². The van der Waals surface area contributed by atoms with Crippen molar-refractivity contribution in [3.63, 3.8) is 0 Å². The highest BCUT2D eigenvalue weighted by molar-refractivity contribution is 5.95. The molecular weight excluding hydrogens is 324 g/mol. The first-order valence-electron chi connectivity index (χ1n) is 6.70. The molecule has 3 rings (SSSR count). The molecule has 0 atom stereocenters. The lowest BCUT2D eigenvalue weighted by molar-refractivity contribution is -0.384. The first-order valence-corrected chi connectivity index (χ1v) is 6.70. The zero-order valence-corrected chi connectivity index (χ0v) is 12.2. The van der Waals surface area contributed by atoms with Gasteiger partial charge in [-0.15, -0.1) is 0 Å². The SMILES string of the molecule is Cc1cc2oc(=O)c(F)c(-c3ccc([N+](=O)[O-])cc3)c2c(F)c1O. The number of phenolic OH excluding ortho intramolecular Hbond substituents is 1. The molecule has 0 aliphatic rings. The van der Waals surface area contributed by atoms with E-state index in [0.29, 0.717) is 0 Å². The molecule has 1 aromatic heterocycles. The van der Waals surface area contributed by atoms with Gasteiger partial charge in [0.25, 0.3) is 5.69 Å². The molecule has 6 nitrogen and oxygen atoms in total. The summed E-state index contributed by atoms with van der Waals surface area (Å²) >= 11 is 0. The van der Waals surface area contributed by atoms with E-state index in [4.69, 9.17) is 4.42 Å². The van der Waals surface area contributed by atoms with Crippen LogP contribution in [0.15, 0.2) is 39.5 Å². The van der Waals surface area contributed by atoms with Crippen LogP contribution in [-0.4, -0.2) is 10.0 Å². The van der Waals surface area contributed by atoms with Crippen molar-refractivity contribution in [2.75, 3.05) is 0 Å². The highest BCUT2D eigenvalue weighted by Gasteiger charge is 2.23. The van der Waals surface area contributed by atoms with Crippen LogP contribution < -0.4 is 5.63 Å². The smallest absolute Gasteiger partial charge is 0.373 e. The standard InChI is InChI=1S/C16H9F2NO5/c1-7-6-10-12(13(17)15(7)20)11(14(18)16(21)24-10)8-2-4-9(5-3-8)19(22)23/h2-6,20H,1H3. The number of hydrogen-bond donors (Lipinski definition) is 1. The maximum atomic E-state index is 14.4. The Morgan fingerprint density at radius 2 is 1.79 bits per heavy atom. The Hall–Kier alpha value is -3.29. The van der Waals surface area contributed by atoms with Gasteiger partial charge in [-0.3, -0.25) is 10.1 Å². The highest BCUT2D eigenvalue weighted by Crippen LogP contribution is 2.37. The van der Waals surface area contributed by atoms with E-state index in [0.717, 1.165) is 12.1 Å². The minimum absolute atomic E-state index is 0.0400. The Kier molecular flexibility index (Phi) is 3.52. The molecule has 8 heteroatoms. The third-order valence-electron chi connectivity index (χ3n) is 3.61. The first-order chi connectivity index (χ1) is 11.3. The summed E-state index contributed by atoms with van der Waals surface area (Å²) in [5.74, 6) is -3.18. The Morgan fingerprint density at radius 3 is 2.38 bits per heavy atom. The zero-order valence-electron chi connectivity index (χ0n) is 12.2. The van der Waals surface area contributed by atoms with Crippen molar-refractivity contribution in [1.82, 2.24) is 0 Å². The largest absolute Gasteiger partial charge is 0.505 e. The van der Waals surface area contributed by atoms with Crippen molar-refractivity contribution < 1.29 is 23.2 Å². The molecule has 0 spiro atoms. The molecule has 0 fully saturated rings. The molecule has 0 amide bonds. The van der Waals surface area contributed by atoms with Crippen molar-refractivity contribution >= 4 is 16.7 Å². The van der Waals surface area contributed by atoms with E-state index in [9.17, 15) is 28.8 Å².